The fourth-order valence-electron chi connectivity index (χ4n) is 1.39. The van der Waals surface area contributed by atoms with Gasteiger partial charge in [-0.1, -0.05) is 12.1 Å². The maximum absolute atomic E-state index is 13.0. The number of benzene rings is 1. The summed E-state index contributed by atoms with van der Waals surface area (Å²) in [7, 11) is 2.30. The molecule has 7 heteroatoms. The van der Waals surface area contributed by atoms with Crippen molar-refractivity contribution in [1.82, 2.24) is 5.06 Å². The van der Waals surface area contributed by atoms with E-state index in [1.807, 2.05) is 0 Å². The van der Waals surface area contributed by atoms with Crippen LogP contribution in [-0.4, -0.2) is 36.3 Å². The molecule has 0 aliphatic rings. The van der Waals surface area contributed by atoms with E-state index in [-0.39, 0.29) is 6.54 Å². The third-order valence-electron chi connectivity index (χ3n) is 2.34. The van der Waals surface area contributed by atoms with Gasteiger partial charge in [0, 0.05) is 0 Å². The van der Waals surface area contributed by atoms with Crippen LogP contribution in [0.5, 0.6) is 0 Å². The number of esters is 1. The smallest absolute Gasteiger partial charge is 0.373 e. The molecule has 0 aromatic heterocycles. The second-order valence-electron chi connectivity index (χ2n) is 3.71. The highest BCUT2D eigenvalue weighted by Gasteiger charge is 2.16. The number of hydrogen-bond donors (Lipinski definition) is 1. The van der Waals surface area contributed by atoms with Crippen LogP contribution >= 0.6 is 0 Å². The lowest BCUT2D eigenvalue weighted by atomic mass is 10.2. The van der Waals surface area contributed by atoms with E-state index < -0.39 is 23.5 Å². The number of hydrogen-bond acceptors (Lipinski definition) is 5. The summed E-state index contributed by atoms with van der Waals surface area (Å²) >= 11 is 0. The molecule has 20 heavy (non-hydrogen) atoms. The highest BCUT2D eigenvalue weighted by molar-refractivity contribution is 5.96. The first-order valence-corrected chi connectivity index (χ1v) is 5.57. The van der Waals surface area contributed by atoms with Crippen molar-refractivity contribution >= 4 is 11.9 Å². The maximum atomic E-state index is 13.0. The molecule has 0 radical (unpaired) electrons. The van der Waals surface area contributed by atoms with Crippen molar-refractivity contribution in [2.45, 2.75) is 6.54 Å². The van der Waals surface area contributed by atoms with Crippen molar-refractivity contribution in [1.29, 1.82) is 0 Å². The third-order valence-corrected chi connectivity index (χ3v) is 2.34. The zero-order valence-electron chi connectivity index (χ0n) is 11.0. The van der Waals surface area contributed by atoms with E-state index in [0.29, 0.717) is 11.6 Å². The summed E-state index contributed by atoms with van der Waals surface area (Å²) in [5, 5.41) is 10.1. The minimum Gasteiger partial charge on any atom is -0.502 e. The number of halogens is 1. The fourth-order valence-corrected chi connectivity index (χ4v) is 1.39. The van der Waals surface area contributed by atoms with Gasteiger partial charge in [0.05, 0.1) is 26.8 Å². The quantitative estimate of drug-likeness (QED) is 0.382. The number of aliphatic hydroxyl groups excluding tert-OH is 1. The van der Waals surface area contributed by atoms with Crippen molar-refractivity contribution in [3.8, 4) is 0 Å². The molecule has 0 bridgehead atoms. The molecule has 1 rings (SSSR count). The zero-order chi connectivity index (χ0) is 15.1. The molecule has 1 amide bonds. The standard InChI is InChI=1S/C13H14FNO5/c1-19-13(18)11(16)7-12(17)15(20-2)8-9-4-3-5-10(14)6-9/h3-7,16H,8H2,1-2H3/b11-7-. The van der Waals surface area contributed by atoms with Crippen LogP contribution in [0.4, 0.5) is 4.39 Å². The molecule has 0 aliphatic carbocycles. The predicted octanol–water partition coefficient (Wildman–Crippen LogP) is 1.33. The predicted molar refractivity (Wildman–Crippen MR) is 66.7 cm³/mol. The summed E-state index contributed by atoms with van der Waals surface area (Å²) in [6.45, 7) is -0.0436. The first kappa shape index (κ1) is 15.6. The Hall–Kier alpha value is -2.41. The van der Waals surface area contributed by atoms with Gasteiger partial charge in [0.2, 0.25) is 5.76 Å². The molecule has 1 N–H and O–H groups in total. The van der Waals surface area contributed by atoms with Gasteiger partial charge < -0.3 is 9.84 Å². The van der Waals surface area contributed by atoms with Crippen LogP contribution in [0.25, 0.3) is 0 Å². The third kappa shape index (κ3) is 4.36. The molecule has 0 saturated carbocycles. The molecular formula is C13H14FNO5. The van der Waals surface area contributed by atoms with Gasteiger partial charge >= 0.3 is 5.97 Å². The summed E-state index contributed by atoms with van der Waals surface area (Å²) in [5.41, 5.74) is 0.492. The van der Waals surface area contributed by atoms with Crippen LogP contribution in [0, 0.1) is 5.82 Å². The van der Waals surface area contributed by atoms with Crippen molar-refractivity contribution in [2.24, 2.45) is 0 Å². The molecule has 108 valence electrons. The van der Waals surface area contributed by atoms with Crippen LogP contribution in [0.1, 0.15) is 5.56 Å². The first-order chi connectivity index (χ1) is 9.47. The fraction of sp³-hybridized carbons (Fsp3) is 0.231. The molecule has 0 atom stereocenters. The minimum atomic E-state index is -1.04. The van der Waals surface area contributed by atoms with Gasteiger partial charge in [0.25, 0.3) is 5.91 Å². The largest absolute Gasteiger partial charge is 0.502 e. The number of methoxy groups -OCH3 is 1. The van der Waals surface area contributed by atoms with Gasteiger partial charge in [-0.2, -0.15) is 0 Å². The van der Waals surface area contributed by atoms with Gasteiger partial charge in [0.15, 0.2) is 0 Å². The normalized spacial score (nSPS) is 11.1. The van der Waals surface area contributed by atoms with E-state index >= 15 is 0 Å². The molecule has 0 heterocycles. The summed E-state index contributed by atoms with van der Waals surface area (Å²) in [5.74, 6) is -3.11. The lowest BCUT2D eigenvalue weighted by Crippen LogP contribution is -2.28. The van der Waals surface area contributed by atoms with E-state index in [9.17, 15) is 19.1 Å². The van der Waals surface area contributed by atoms with E-state index in [1.54, 1.807) is 6.07 Å². The van der Waals surface area contributed by atoms with E-state index in [4.69, 9.17) is 4.84 Å². The lowest BCUT2D eigenvalue weighted by Gasteiger charge is -2.18. The number of nitrogens with zero attached hydrogens (tertiary/aromatic N) is 1. The van der Waals surface area contributed by atoms with Gasteiger partial charge in [-0.3, -0.25) is 9.63 Å². The van der Waals surface area contributed by atoms with Crippen LogP contribution in [0.2, 0.25) is 0 Å². The Balaban J connectivity index is 2.81. The summed E-state index contributed by atoms with van der Waals surface area (Å²) < 4.78 is 17.3. The average Bonchev–Trinajstić information content (AvgIpc) is 2.43. The molecule has 0 fully saturated rings. The maximum Gasteiger partial charge on any atom is 0.373 e. The highest BCUT2D eigenvalue weighted by Crippen LogP contribution is 2.08. The topological polar surface area (TPSA) is 76.1 Å². The van der Waals surface area contributed by atoms with Crippen molar-refractivity contribution in [3.63, 3.8) is 0 Å². The van der Waals surface area contributed by atoms with Crippen molar-refractivity contribution < 1.29 is 28.7 Å². The van der Waals surface area contributed by atoms with Crippen molar-refractivity contribution in [2.75, 3.05) is 14.2 Å². The molecule has 0 unspecified atom stereocenters. The monoisotopic (exact) mass is 283 g/mol. The summed E-state index contributed by atoms with van der Waals surface area (Å²) in [4.78, 5) is 27.5. The number of rotatable bonds is 5. The SMILES string of the molecule is COC(=O)/C(O)=C/C(=O)N(Cc1cccc(F)c1)OC. The van der Waals surface area contributed by atoms with E-state index in [0.717, 1.165) is 12.2 Å². The lowest BCUT2D eigenvalue weighted by molar-refractivity contribution is -0.173. The number of ether oxygens (including phenoxy) is 1. The number of amides is 1. The Morgan fingerprint density at radius 2 is 2.10 bits per heavy atom. The number of carbonyl (C=O) groups is 2. The molecule has 0 spiro atoms. The zero-order valence-corrected chi connectivity index (χ0v) is 11.0. The van der Waals surface area contributed by atoms with Crippen molar-refractivity contribution in [3.05, 3.63) is 47.5 Å². The Morgan fingerprint density at radius 1 is 1.40 bits per heavy atom. The van der Waals surface area contributed by atoms with Crippen LogP contribution in [-0.2, 0) is 25.7 Å². The Morgan fingerprint density at radius 3 is 2.65 bits per heavy atom. The second-order valence-corrected chi connectivity index (χ2v) is 3.71. The van der Waals surface area contributed by atoms with E-state index in [1.165, 1.54) is 25.3 Å². The molecule has 0 aliphatic heterocycles. The minimum absolute atomic E-state index is 0.0436. The Labute approximate surface area is 115 Å². The summed E-state index contributed by atoms with van der Waals surface area (Å²) in [6, 6.07) is 5.60. The molecule has 6 nitrogen and oxygen atoms in total. The molecule has 1 aromatic rings. The average molecular weight is 283 g/mol. The van der Waals surface area contributed by atoms with Crippen LogP contribution in [0.15, 0.2) is 36.1 Å². The van der Waals surface area contributed by atoms with Gasteiger partial charge in [-0.05, 0) is 17.7 Å². The number of aliphatic hydroxyl groups is 1. The van der Waals surface area contributed by atoms with Gasteiger partial charge in [-0.15, -0.1) is 0 Å². The van der Waals surface area contributed by atoms with Crippen LogP contribution < -0.4 is 0 Å². The second kappa shape index (κ2) is 7.25. The number of carbonyl (C=O) groups excluding carboxylic acids is 2. The number of hydroxylamine groups is 2. The van der Waals surface area contributed by atoms with Crippen LogP contribution in [0.3, 0.4) is 0 Å². The summed E-state index contributed by atoms with van der Waals surface area (Å²) in [6.07, 6.45) is 0.661. The highest BCUT2D eigenvalue weighted by atomic mass is 19.1. The Bertz CT molecular complexity index is 529. The van der Waals surface area contributed by atoms with E-state index in [2.05, 4.69) is 4.74 Å². The van der Waals surface area contributed by atoms with Gasteiger partial charge in [-0.25, -0.2) is 14.2 Å². The first-order valence-electron chi connectivity index (χ1n) is 5.57. The molecular weight excluding hydrogens is 269 g/mol. The Kier molecular flexibility index (Phi) is 5.67. The molecule has 1 aromatic carbocycles. The molecule has 0 saturated heterocycles. The van der Waals surface area contributed by atoms with Gasteiger partial charge in [0.1, 0.15) is 5.82 Å².